The SMILES string of the molecule is CN1Cc2c(c3n(c2-c2ccccc2)CCC=C3c2cccc(F)c2F)N(C)C1. The van der Waals surface area contributed by atoms with E-state index < -0.39 is 11.6 Å². The Balaban J connectivity index is 1.81. The fraction of sp³-hybridized carbons (Fsp3) is 0.250. The highest BCUT2D eigenvalue weighted by atomic mass is 19.2. The maximum atomic E-state index is 14.8. The van der Waals surface area contributed by atoms with Gasteiger partial charge in [-0.2, -0.15) is 0 Å². The number of anilines is 1. The predicted octanol–water partition coefficient (Wildman–Crippen LogP) is 5.11. The number of aromatic nitrogens is 1. The minimum Gasteiger partial charge on any atom is -0.360 e. The summed E-state index contributed by atoms with van der Waals surface area (Å²) in [6.45, 7) is 2.44. The van der Waals surface area contributed by atoms with E-state index in [1.165, 1.54) is 17.3 Å². The zero-order valence-corrected chi connectivity index (χ0v) is 16.6. The van der Waals surface area contributed by atoms with Crippen LogP contribution in [-0.2, 0) is 13.1 Å². The standard InChI is InChI=1S/C24H23F2N3/c1-27-14-19-22(16-8-4-3-5-9-16)29-13-7-11-18(24(29)23(19)28(2)15-27)17-10-6-12-20(25)21(17)26/h3-6,8-12H,7,13-15H2,1-2H3. The second-order valence-corrected chi connectivity index (χ2v) is 7.90. The monoisotopic (exact) mass is 391 g/mol. The van der Waals surface area contributed by atoms with E-state index in [1.54, 1.807) is 12.1 Å². The lowest BCUT2D eigenvalue weighted by Gasteiger charge is -2.33. The van der Waals surface area contributed by atoms with E-state index in [0.29, 0.717) is 5.56 Å². The normalized spacial score (nSPS) is 16.4. The fourth-order valence-electron chi connectivity index (χ4n) is 4.78. The second-order valence-electron chi connectivity index (χ2n) is 7.90. The fourth-order valence-corrected chi connectivity index (χ4v) is 4.78. The lowest BCUT2D eigenvalue weighted by atomic mass is 9.96. The lowest BCUT2D eigenvalue weighted by molar-refractivity contribution is 0.317. The molecule has 5 heteroatoms. The van der Waals surface area contributed by atoms with Crippen LogP contribution in [-0.4, -0.2) is 30.2 Å². The number of nitrogens with zero attached hydrogens (tertiary/aromatic N) is 3. The molecule has 0 N–H and O–H groups in total. The molecule has 0 amide bonds. The third-order valence-corrected chi connectivity index (χ3v) is 5.84. The second kappa shape index (κ2) is 6.85. The predicted molar refractivity (Wildman–Crippen MR) is 113 cm³/mol. The Hall–Kier alpha value is -2.92. The van der Waals surface area contributed by atoms with E-state index in [9.17, 15) is 8.78 Å². The van der Waals surface area contributed by atoms with Crippen molar-refractivity contribution in [2.45, 2.75) is 19.5 Å². The summed E-state index contributed by atoms with van der Waals surface area (Å²) in [4.78, 5) is 4.49. The van der Waals surface area contributed by atoms with Gasteiger partial charge in [0.05, 0.1) is 23.7 Å². The number of hydrogen-bond donors (Lipinski definition) is 0. The lowest BCUT2D eigenvalue weighted by Crippen LogP contribution is -2.37. The maximum Gasteiger partial charge on any atom is 0.166 e. The van der Waals surface area contributed by atoms with Gasteiger partial charge in [-0.3, -0.25) is 4.90 Å². The molecule has 2 aromatic carbocycles. The van der Waals surface area contributed by atoms with E-state index in [2.05, 4.69) is 46.7 Å². The van der Waals surface area contributed by atoms with E-state index in [1.807, 2.05) is 18.2 Å². The Morgan fingerprint density at radius 2 is 1.69 bits per heavy atom. The minimum absolute atomic E-state index is 0.332. The Morgan fingerprint density at radius 3 is 2.48 bits per heavy atom. The summed E-state index contributed by atoms with van der Waals surface area (Å²) >= 11 is 0. The van der Waals surface area contributed by atoms with Gasteiger partial charge in [0.25, 0.3) is 0 Å². The molecule has 2 aliphatic heterocycles. The number of rotatable bonds is 2. The van der Waals surface area contributed by atoms with Crippen LogP contribution in [0, 0.1) is 11.6 Å². The third-order valence-electron chi connectivity index (χ3n) is 5.84. The summed E-state index contributed by atoms with van der Waals surface area (Å²) in [5, 5.41) is 0. The highest BCUT2D eigenvalue weighted by Gasteiger charge is 2.33. The molecule has 0 fully saturated rings. The summed E-state index contributed by atoms with van der Waals surface area (Å²) in [6.07, 6.45) is 2.83. The zero-order chi connectivity index (χ0) is 20.1. The van der Waals surface area contributed by atoms with Gasteiger partial charge in [-0.1, -0.05) is 48.5 Å². The topological polar surface area (TPSA) is 11.4 Å². The largest absolute Gasteiger partial charge is 0.360 e. The minimum atomic E-state index is -0.808. The summed E-state index contributed by atoms with van der Waals surface area (Å²) in [7, 11) is 4.17. The first kappa shape index (κ1) is 18.1. The molecular formula is C24H23F2N3. The van der Waals surface area contributed by atoms with Gasteiger partial charge in [-0.25, -0.2) is 8.78 Å². The Bertz CT molecular complexity index is 1110. The Kier molecular flexibility index (Phi) is 4.28. The summed E-state index contributed by atoms with van der Waals surface area (Å²) in [5.74, 6) is -1.59. The van der Waals surface area contributed by atoms with Gasteiger partial charge < -0.3 is 9.47 Å². The molecule has 3 nitrogen and oxygen atoms in total. The molecule has 5 rings (SSSR count). The van der Waals surface area contributed by atoms with Crippen molar-refractivity contribution in [1.29, 1.82) is 0 Å². The summed E-state index contributed by atoms with van der Waals surface area (Å²) < 4.78 is 31.1. The van der Waals surface area contributed by atoms with Crippen LogP contribution in [0.15, 0.2) is 54.6 Å². The van der Waals surface area contributed by atoms with Crippen LogP contribution >= 0.6 is 0 Å². The first-order chi connectivity index (χ1) is 14.1. The van der Waals surface area contributed by atoms with Crippen LogP contribution in [0.25, 0.3) is 16.8 Å². The Morgan fingerprint density at radius 1 is 0.897 bits per heavy atom. The first-order valence-corrected chi connectivity index (χ1v) is 9.91. The van der Waals surface area contributed by atoms with Gasteiger partial charge in [0.1, 0.15) is 0 Å². The molecule has 0 atom stereocenters. The molecule has 0 saturated carbocycles. The van der Waals surface area contributed by atoms with Crippen molar-refractivity contribution in [1.82, 2.24) is 9.47 Å². The van der Waals surface area contributed by atoms with Gasteiger partial charge >= 0.3 is 0 Å². The third kappa shape index (κ3) is 2.80. The molecule has 0 radical (unpaired) electrons. The van der Waals surface area contributed by atoms with Gasteiger partial charge in [0.2, 0.25) is 0 Å². The molecule has 3 aromatic rings. The number of fused-ring (bicyclic) bond motifs is 3. The van der Waals surface area contributed by atoms with Gasteiger partial charge in [-0.05, 0) is 25.1 Å². The molecule has 1 aromatic heterocycles. The number of hydrogen-bond acceptors (Lipinski definition) is 2. The van der Waals surface area contributed by atoms with Crippen LogP contribution in [0.5, 0.6) is 0 Å². The van der Waals surface area contributed by atoms with Crippen molar-refractivity contribution in [3.63, 3.8) is 0 Å². The summed E-state index contributed by atoms with van der Waals surface area (Å²) in [6, 6.07) is 14.8. The highest BCUT2D eigenvalue weighted by molar-refractivity contribution is 5.91. The number of benzene rings is 2. The number of allylic oxidation sites excluding steroid dienone is 1. The van der Waals surface area contributed by atoms with Crippen LogP contribution in [0.2, 0.25) is 0 Å². The quantitative estimate of drug-likeness (QED) is 0.602. The van der Waals surface area contributed by atoms with Crippen molar-refractivity contribution in [3.05, 3.63) is 83.1 Å². The molecule has 0 aliphatic carbocycles. The maximum absolute atomic E-state index is 14.8. The molecule has 29 heavy (non-hydrogen) atoms. The van der Waals surface area contributed by atoms with E-state index in [0.717, 1.165) is 48.7 Å². The van der Waals surface area contributed by atoms with Gasteiger partial charge in [0.15, 0.2) is 11.6 Å². The molecule has 0 saturated heterocycles. The van der Waals surface area contributed by atoms with E-state index in [4.69, 9.17) is 0 Å². The average Bonchev–Trinajstić information content (AvgIpc) is 3.05. The van der Waals surface area contributed by atoms with Crippen LogP contribution in [0.3, 0.4) is 0 Å². The van der Waals surface area contributed by atoms with Crippen LogP contribution < -0.4 is 4.90 Å². The molecule has 2 aliphatic rings. The van der Waals surface area contributed by atoms with Gasteiger partial charge in [-0.15, -0.1) is 0 Å². The molecule has 0 spiro atoms. The van der Waals surface area contributed by atoms with Crippen molar-refractivity contribution in [2.24, 2.45) is 0 Å². The van der Waals surface area contributed by atoms with Crippen molar-refractivity contribution in [3.8, 4) is 11.3 Å². The Labute approximate surface area is 169 Å². The van der Waals surface area contributed by atoms with Crippen molar-refractivity contribution >= 4 is 11.3 Å². The van der Waals surface area contributed by atoms with E-state index >= 15 is 0 Å². The van der Waals surface area contributed by atoms with E-state index in [-0.39, 0.29) is 0 Å². The number of halogens is 2. The van der Waals surface area contributed by atoms with Crippen molar-refractivity contribution in [2.75, 3.05) is 25.7 Å². The van der Waals surface area contributed by atoms with Crippen LogP contribution in [0.1, 0.15) is 23.2 Å². The zero-order valence-electron chi connectivity index (χ0n) is 16.6. The highest BCUT2D eigenvalue weighted by Crippen LogP contribution is 2.46. The summed E-state index contributed by atoms with van der Waals surface area (Å²) in [5.41, 5.74) is 6.80. The molecule has 0 bridgehead atoms. The smallest absolute Gasteiger partial charge is 0.166 e. The van der Waals surface area contributed by atoms with Gasteiger partial charge in [0, 0.05) is 36.8 Å². The average molecular weight is 391 g/mol. The molecule has 0 unspecified atom stereocenters. The molecular weight excluding hydrogens is 368 g/mol. The van der Waals surface area contributed by atoms with Crippen LogP contribution in [0.4, 0.5) is 14.5 Å². The van der Waals surface area contributed by atoms with Crippen molar-refractivity contribution < 1.29 is 8.78 Å². The molecule has 3 heterocycles. The first-order valence-electron chi connectivity index (χ1n) is 9.91. The molecule has 148 valence electrons.